The van der Waals surface area contributed by atoms with Crippen molar-refractivity contribution >= 4 is 23.2 Å². The van der Waals surface area contributed by atoms with Crippen LogP contribution in [0.3, 0.4) is 0 Å². The SMILES string of the molecule is C[C@@H](c1ccccc1)[P+](c1ccccc1)(c1ccccc1)c1ccccc1. The molecule has 0 nitrogen and oxygen atoms in total. The summed E-state index contributed by atoms with van der Waals surface area (Å²) < 4.78 is 0. The summed E-state index contributed by atoms with van der Waals surface area (Å²) in [4.78, 5) is 0. The molecule has 0 aliphatic rings. The highest BCUT2D eigenvalue weighted by Gasteiger charge is 2.50. The van der Waals surface area contributed by atoms with Crippen molar-refractivity contribution in [3.8, 4) is 0 Å². The molecule has 4 aromatic rings. The van der Waals surface area contributed by atoms with E-state index in [2.05, 4.69) is 128 Å². The first-order chi connectivity index (χ1) is 13.3. The second-order valence-electron chi connectivity index (χ2n) is 6.82. The van der Waals surface area contributed by atoms with Crippen molar-refractivity contribution in [3.63, 3.8) is 0 Å². The zero-order valence-corrected chi connectivity index (χ0v) is 16.5. The second kappa shape index (κ2) is 7.91. The van der Waals surface area contributed by atoms with E-state index in [0.29, 0.717) is 5.66 Å². The van der Waals surface area contributed by atoms with Crippen LogP contribution in [0, 0.1) is 0 Å². The Hall–Kier alpha value is -2.69. The molecule has 27 heavy (non-hydrogen) atoms. The summed E-state index contributed by atoms with van der Waals surface area (Å²) in [7, 11) is -1.87. The fraction of sp³-hybridized carbons (Fsp3) is 0.0769. The van der Waals surface area contributed by atoms with Gasteiger partial charge in [0.25, 0.3) is 0 Å². The van der Waals surface area contributed by atoms with E-state index in [1.54, 1.807) is 0 Å². The fourth-order valence-electron chi connectivity index (χ4n) is 4.06. The van der Waals surface area contributed by atoms with Gasteiger partial charge in [0, 0.05) is 0 Å². The molecule has 0 radical (unpaired) electrons. The molecule has 0 unspecified atom stereocenters. The van der Waals surface area contributed by atoms with E-state index in [0.717, 1.165) is 0 Å². The van der Waals surface area contributed by atoms with Crippen LogP contribution in [0.15, 0.2) is 121 Å². The number of hydrogen-bond acceptors (Lipinski definition) is 0. The molecule has 132 valence electrons. The quantitative estimate of drug-likeness (QED) is 0.395. The maximum atomic E-state index is 2.40. The molecule has 0 fully saturated rings. The van der Waals surface area contributed by atoms with Crippen LogP contribution in [0.4, 0.5) is 0 Å². The van der Waals surface area contributed by atoms with Crippen molar-refractivity contribution in [2.45, 2.75) is 12.6 Å². The lowest BCUT2D eigenvalue weighted by molar-refractivity contribution is 1.08. The third-order valence-electron chi connectivity index (χ3n) is 5.35. The monoisotopic (exact) mass is 367 g/mol. The Bertz CT molecular complexity index is 867. The Morgan fingerprint density at radius 2 is 0.741 bits per heavy atom. The zero-order valence-electron chi connectivity index (χ0n) is 15.6. The lowest BCUT2D eigenvalue weighted by Gasteiger charge is -2.33. The summed E-state index contributed by atoms with van der Waals surface area (Å²) in [5, 5.41) is 4.29. The van der Waals surface area contributed by atoms with Gasteiger partial charge in [0.2, 0.25) is 0 Å². The van der Waals surface area contributed by atoms with E-state index in [4.69, 9.17) is 0 Å². The van der Waals surface area contributed by atoms with E-state index >= 15 is 0 Å². The largest absolute Gasteiger partial charge is 0.119 e. The van der Waals surface area contributed by atoms with Gasteiger partial charge in [0.05, 0.1) is 0 Å². The van der Waals surface area contributed by atoms with Crippen molar-refractivity contribution in [1.29, 1.82) is 0 Å². The van der Waals surface area contributed by atoms with E-state index in [1.807, 2.05) is 0 Å². The molecule has 0 aliphatic heterocycles. The maximum Gasteiger partial charge on any atom is 0.119 e. The van der Waals surface area contributed by atoms with E-state index in [-0.39, 0.29) is 0 Å². The number of benzene rings is 4. The third kappa shape index (κ3) is 3.22. The van der Waals surface area contributed by atoms with Gasteiger partial charge < -0.3 is 0 Å². The van der Waals surface area contributed by atoms with Gasteiger partial charge in [0.1, 0.15) is 28.8 Å². The molecule has 4 aromatic carbocycles. The second-order valence-corrected chi connectivity index (χ2v) is 10.6. The first-order valence-corrected chi connectivity index (χ1v) is 11.3. The zero-order chi connectivity index (χ0) is 18.5. The minimum atomic E-state index is -1.87. The predicted octanol–water partition coefficient (Wildman–Crippen LogP) is 5.74. The third-order valence-corrected chi connectivity index (χ3v) is 10.2. The highest BCUT2D eigenvalue weighted by Crippen LogP contribution is 2.66. The van der Waals surface area contributed by atoms with Crippen molar-refractivity contribution in [3.05, 3.63) is 127 Å². The van der Waals surface area contributed by atoms with Gasteiger partial charge in [-0.1, -0.05) is 84.9 Å². The average Bonchev–Trinajstić information content (AvgIpc) is 2.77. The van der Waals surface area contributed by atoms with Crippen LogP contribution >= 0.6 is 7.26 Å². The molecule has 4 rings (SSSR count). The molecule has 0 saturated carbocycles. The van der Waals surface area contributed by atoms with Crippen LogP contribution in [0.2, 0.25) is 0 Å². The molecule has 1 heteroatoms. The van der Waals surface area contributed by atoms with E-state index in [1.165, 1.54) is 21.5 Å². The first-order valence-electron chi connectivity index (χ1n) is 9.44. The molecule has 0 heterocycles. The minimum Gasteiger partial charge on any atom is -0.0622 e. The van der Waals surface area contributed by atoms with Crippen LogP contribution in [0.5, 0.6) is 0 Å². The Morgan fingerprint density at radius 1 is 0.444 bits per heavy atom. The lowest BCUT2D eigenvalue weighted by atomic mass is 10.2. The fourth-order valence-corrected chi connectivity index (χ4v) is 8.85. The van der Waals surface area contributed by atoms with Crippen molar-refractivity contribution in [2.75, 3.05) is 0 Å². The summed E-state index contributed by atoms with van der Waals surface area (Å²) in [6.45, 7) is 2.40. The lowest BCUT2D eigenvalue weighted by Crippen LogP contribution is -2.34. The van der Waals surface area contributed by atoms with Gasteiger partial charge in [0.15, 0.2) is 0 Å². The standard InChI is InChI=1S/C26H24P/c1-22(23-14-6-2-7-15-23)27(24-16-8-3-9-17-24,25-18-10-4-11-19-25)26-20-12-5-13-21-26/h2-22H,1H3/q+1/t22-/m0/s1. The molecule has 0 N–H and O–H groups in total. The highest BCUT2D eigenvalue weighted by molar-refractivity contribution is 7.95. The van der Waals surface area contributed by atoms with Gasteiger partial charge in [-0.05, 0) is 48.9 Å². The van der Waals surface area contributed by atoms with Crippen molar-refractivity contribution < 1.29 is 0 Å². The van der Waals surface area contributed by atoms with Crippen LogP contribution in [0.1, 0.15) is 18.1 Å². The number of rotatable bonds is 5. The summed E-state index contributed by atoms with van der Waals surface area (Å²) in [5.74, 6) is 0. The van der Waals surface area contributed by atoms with Gasteiger partial charge in [-0.25, -0.2) is 0 Å². The Kier molecular flexibility index (Phi) is 5.19. The minimum absolute atomic E-state index is 0.380. The van der Waals surface area contributed by atoms with Crippen molar-refractivity contribution in [2.24, 2.45) is 0 Å². The van der Waals surface area contributed by atoms with Gasteiger partial charge in [-0.3, -0.25) is 0 Å². The topological polar surface area (TPSA) is 0 Å². The molecule has 0 saturated heterocycles. The normalized spacial score (nSPS) is 12.5. The summed E-state index contributed by atoms with van der Waals surface area (Å²) in [6.07, 6.45) is 0. The molecule has 0 spiro atoms. The summed E-state index contributed by atoms with van der Waals surface area (Å²) in [6, 6.07) is 44.2. The van der Waals surface area contributed by atoms with Gasteiger partial charge in [-0.15, -0.1) is 0 Å². The van der Waals surface area contributed by atoms with Crippen molar-refractivity contribution in [1.82, 2.24) is 0 Å². The summed E-state index contributed by atoms with van der Waals surface area (Å²) >= 11 is 0. The maximum absolute atomic E-state index is 2.40. The average molecular weight is 367 g/mol. The Balaban J connectivity index is 2.07. The van der Waals surface area contributed by atoms with E-state index in [9.17, 15) is 0 Å². The van der Waals surface area contributed by atoms with Crippen LogP contribution in [-0.4, -0.2) is 0 Å². The molecule has 1 atom stereocenters. The smallest absolute Gasteiger partial charge is 0.0622 e. The number of hydrogen-bond donors (Lipinski definition) is 0. The summed E-state index contributed by atoms with van der Waals surface area (Å²) in [5.41, 5.74) is 1.77. The highest BCUT2D eigenvalue weighted by atomic mass is 31.2. The van der Waals surface area contributed by atoms with Gasteiger partial charge >= 0.3 is 0 Å². The van der Waals surface area contributed by atoms with Crippen LogP contribution in [0.25, 0.3) is 0 Å². The van der Waals surface area contributed by atoms with Crippen LogP contribution in [-0.2, 0) is 0 Å². The van der Waals surface area contributed by atoms with Gasteiger partial charge in [-0.2, -0.15) is 0 Å². The molecular formula is C26H24P+. The molecular weight excluding hydrogens is 343 g/mol. The van der Waals surface area contributed by atoms with E-state index < -0.39 is 7.26 Å². The molecule has 0 aromatic heterocycles. The molecule has 0 bridgehead atoms. The Labute approximate surface area is 162 Å². The molecule has 0 amide bonds. The van der Waals surface area contributed by atoms with Crippen LogP contribution < -0.4 is 15.9 Å². The first kappa shape index (κ1) is 17.7. The predicted molar refractivity (Wildman–Crippen MR) is 120 cm³/mol. The molecule has 0 aliphatic carbocycles. The Morgan fingerprint density at radius 3 is 1.07 bits per heavy atom.